The Bertz CT molecular complexity index is 708. The summed E-state index contributed by atoms with van der Waals surface area (Å²) >= 11 is 2.50. The summed E-state index contributed by atoms with van der Waals surface area (Å²) < 4.78 is 1.36. The second-order valence-electron chi connectivity index (χ2n) is 7.95. The van der Waals surface area contributed by atoms with Crippen molar-refractivity contribution in [1.82, 2.24) is 0 Å². The number of carbonyl (C=O) groups is 2. The number of carboxylic acids is 2. The summed E-state index contributed by atoms with van der Waals surface area (Å²) in [5.74, 6) is 0.346. The number of alkyl halides is 1. The second-order valence-corrected chi connectivity index (χ2v) is 9.02. The van der Waals surface area contributed by atoms with Gasteiger partial charge in [-0.15, -0.1) is 0 Å². The van der Waals surface area contributed by atoms with E-state index in [9.17, 15) is 9.59 Å². The van der Waals surface area contributed by atoms with Crippen molar-refractivity contribution in [2.45, 2.75) is 52.9 Å². The minimum Gasteiger partial charge on any atom is -0.478 e. The number of hydrogen-bond donors (Lipinski definition) is 3. The smallest absolute Gasteiger partial charge is 0.335 e. The van der Waals surface area contributed by atoms with Crippen molar-refractivity contribution in [3.8, 4) is 0 Å². The average molecular weight is 556 g/mol. The lowest BCUT2D eigenvalue weighted by Gasteiger charge is -2.25. The average Bonchev–Trinajstić information content (AvgIpc) is 2.78. The molecule has 5 nitrogen and oxygen atoms in total. The highest BCUT2D eigenvalue weighted by molar-refractivity contribution is 14.1. The Morgan fingerprint density at radius 2 is 1.12 bits per heavy atom. The number of rotatable bonds is 4. The van der Waals surface area contributed by atoms with Crippen molar-refractivity contribution < 1.29 is 24.9 Å². The zero-order chi connectivity index (χ0) is 24.5. The van der Waals surface area contributed by atoms with Gasteiger partial charge in [-0.3, -0.25) is 0 Å². The topological polar surface area (TPSA) is 94.8 Å². The largest absolute Gasteiger partial charge is 0.478 e. The zero-order valence-corrected chi connectivity index (χ0v) is 21.7. The third-order valence-corrected chi connectivity index (χ3v) is 5.87. The van der Waals surface area contributed by atoms with Gasteiger partial charge >= 0.3 is 11.9 Å². The van der Waals surface area contributed by atoms with E-state index in [0.29, 0.717) is 11.1 Å². The van der Waals surface area contributed by atoms with Crippen LogP contribution in [0.1, 0.15) is 70.9 Å². The van der Waals surface area contributed by atoms with Gasteiger partial charge in [0.1, 0.15) is 0 Å². The maximum Gasteiger partial charge on any atom is 0.335 e. The lowest BCUT2D eigenvalue weighted by Crippen LogP contribution is -2.12. The molecular formula is C26H37IO5. The Labute approximate surface area is 206 Å². The molecule has 0 bridgehead atoms. The maximum absolute atomic E-state index is 10.3. The summed E-state index contributed by atoms with van der Waals surface area (Å²) in [6.07, 6.45) is 7.45. The van der Waals surface area contributed by atoms with Crippen molar-refractivity contribution in [1.29, 1.82) is 0 Å². The van der Waals surface area contributed by atoms with Gasteiger partial charge in [0.2, 0.25) is 0 Å². The van der Waals surface area contributed by atoms with E-state index in [1.54, 1.807) is 48.5 Å². The van der Waals surface area contributed by atoms with E-state index in [0.717, 1.165) is 30.1 Å². The molecule has 178 valence electrons. The van der Waals surface area contributed by atoms with E-state index in [1.807, 2.05) is 13.8 Å². The number of aromatic carboxylic acids is 2. The van der Waals surface area contributed by atoms with Crippen molar-refractivity contribution >= 4 is 34.5 Å². The number of hydrogen-bond acceptors (Lipinski definition) is 3. The molecule has 0 amide bonds. The third kappa shape index (κ3) is 13.5. The highest BCUT2D eigenvalue weighted by Gasteiger charge is 2.16. The van der Waals surface area contributed by atoms with E-state index in [2.05, 4.69) is 29.5 Å². The lowest BCUT2D eigenvalue weighted by atomic mass is 9.82. The van der Waals surface area contributed by atoms with Crippen LogP contribution in [0, 0.1) is 25.7 Å². The van der Waals surface area contributed by atoms with Crippen molar-refractivity contribution in [2.75, 3.05) is 11.5 Å². The van der Waals surface area contributed by atoms with Crippen LogP contribution in [0.3, 0.4) is 0 Å². The summed E-state index contributed by atoms with van der Waals surface area (Å²) in [5, 5.41) is 24.0. The van der Waals surface area contributed by atoms with Crippen molar-refractivity contribution in [3.63, 3.8) is 0 Å². The fourth-order valence-corrected chi connectivity index (χ4v) is 4.05. The number of aliphatic hydroxyl groups is 1. The maximum atomic E-state index is 10.3. The molecule has 2 aromatic rings. The van der Waals surface area contributed by atoms with Crippen LogP contribution in [-0.2, 0) is 0 Å². The van der Waals surface area contributed by atoms with Gasteiger partial charge in [-0.1, -0.05) is 90.6 Å². The van der Waals surface area contributed by atoms with E-state index in [1.165, 1.54) is 36.5 Å². The third-order valence-electron chi connectivity index (χ3n) is 5.25. The first-order chi connectivity index (χ1) is 15.2. The van der Waals surface area contributed by atoms with Crippen LogP contribution in [0.25, 0.3) is 0 Å². The van der Waals surface area contributed by atoms with Crippen LogP contribution in [0.2, 0.25) is 0 Å². The molecule has 0 heterocycles. The minimum absolute atomic E-state index is 0.339. The lowest BCUT2D eigenvalue weighted by molar-refractivity contribution is 0.0686. The Morgan fingerprint density at radius 3 is 1.41 bits per heavy atom. The van der Waals surface area contributed by atoms with Crippen molar-refractivity contribution in [2.24, 2.45) is 11.8 Å². The number of aliphatic hydroxyl groups excluding tert-OH is 1. The fraction of sp³-hybridized carbons (Fsp3) is 0.462. The highest BCUT2D eigenvalue weighted by atomic mass is 127. The number of carboxylic acid groups (broad SMARTS) is 2. The molecule has 0 spiro atoms. The monoisotopic (exact) mass is 556 g/mol. The van der Waals surface area contributed by atoms with Crippen LogP contribution in [0.15, 0.2) is 48.5 Å². The standard InChI is InChI=1S/C9H17I.2C8H8O2.CH4O/c1-8-2-4-9(5-3-8)6-7-10;2*1-6-2-4-7(5-3-6)8(9)10;1-2/h8-9H,2-7H2,1H3;2*2-5H,1H3,(H,9,10);2H,1H3. The van der Waals surface area contributed by atoms with Crippen LogP contribution < -0.4 is 0 Å². The Kier molecular flexibility index (Phi) is 16.5. The van der Waals surface area contributed by atoms with E-state index < -0.39 is 11.9 Å². The van der Waals surface area contributed by atoms with Crippen molar-refractivity contribution in [3.05, 3.63) is 70.8 Å². The molecule has 6 heteroatoms. The minimum atomic E-state index is -0.875. The first kappa shape index (κ1) is 30.1. The fourth-order valence-electron chi connectivity index (χ4n) is 3.16. The van der Waals surface area contributed by atoms with Crippen LogP contribution in [-0.4, -0.2) is 38.8 Å². The van der Waals surface area contributed by atoms with Gasteiger partial charge in [0.25, 0.3) is 0 Å². The molecule has 1 aliphatic rings. The predicted octanol–water partition coefficient (Wildman–Crippen LogP) is 6.63. The summed E-state index contributed by atoms with van der Waals surface area (Å²) in [4.78, 5) is 20.6. The molecule has 3 rings (SSSR count). The van der Waals surface area contributed by atoms with Gasteiger partial charge in [-0.25, -0.2) is 9.59 Å². The normalized spacial score (nSPS) is 16.7. The van der Waals surface area contributed by atoms with E-state index in [4.69, 9.17) is 15.3 Å². The van der Waals surface area contributed by atoms with Crippen LogP contribution >= 0.6 is 22.6 Å². The second kappa shape index (κ2) is 17.6. The molecule has 0 saturated heterocycles. The number of aryl methyl sites for hydroxylation is 2. The Morgan fingerprint density at radius 1 is 0.781 bits per heavy atom. The molecule has 0 radical (unpaired) electrons. The molecular weight excluding hydrogens is 519 g/mol. The van der Waals surface area contributed by atoms with Gasteiger partial charge < -0.3 is 15.3 Å². The first-order valence-corrected chi connectivity index (χ1v) is 12.4. The van der Waals surface area contributed by atoms with Gasteiger partial charge in [-0.05, 0) is 60.8 Å². The van der Waals surface area contributed by atoms with Gasteiger partial charge in [-0.2, -0.15) is 0 Å². The molecule has 3 N–H and O–H groups in total. The van der Waals surface area contributed by atoms with E-state index >= 15 is 0 Å². The van der Waals surface area contributed by atoms with Gasteiger partial charge in [0.05, 0.1) is 11.1 Å². The van der Waals surface area contributed by atoms with Crippen LogP contribution in [0.4, 0.5) is 0 Å². The van der Waals surface area contributed by atoms with E-state index in [-0.39, 0.29) is 0 Å². The quantitative estimate of drug-likeness (QED) is 0.290. The molecule has 2 aromatic carbocycles. The molecule has 0 unspecified atom stereocenters. The molecule has 0 aromatic heterocycles. The molecule has 0 atom stereocenters. The molecule has 1 aliphatic carbocycles. The summed E-state index contributed by atoms with van der Waals surface area (Å²) in [7, 11) is 1.00. The van der Waals surface area contributed by atoms with Crippen LogP contribution in [0.5, 0.6) is 0 Å². The Hall–Kier alpha value is -1.93. The number of benzene rings is 2. The summed E-state index contributed by atoms with van der Waals surface area (Å²) in [6, 6.07) is 13.5. The highest BCUT2D eigenvalue weighted by Crippen LogP contribution is 2.30. The predicted molar refractivity (Wildman–Crippen MR) is 139 cm³/mol. The first-order valence-electron chi connectivity index (χ1n) is 10.8. The Balaban J connectivity index is 0.000000433. The molecule has 0 aliphatic heterocycles. The number of halogens is 1. The summed E-state index contributed by atoms with van der Waals surface area (Å²) in [6.45, 7) is 6.23. The van der Waals surface area contributed by atoms with Gasteiger partial charge in [0, 0.05) is 7.11 Å². The SMILES string of the molecule is CC1CCC(CCI)CC1.CO.Cc1ccc(C(=O)O)cc1.Cc1ccc(C(=O)O)cc1. The molecule has 32 heavy (non-hydrogen) atoms. The zero-order valence-electron chi connectivity index (χ0n) is 19.6. The molecule has 1 saturated carbocycles. The summed E-state index contributed by atoms with van der Waals surface area (Å²) in [5.41, 5.74) is 2.83. The van der Waals surface area contributed by atoms with Gasteiger partial charge in [0.15, 0.2) is 0 Å². The molecule has 1 fully saturated rings.